The van der Waals surface area contributed by atoms with Crippen LogP contribution in [-0.4, -0.2) is 27.2 Å². The highest BCUT2D eigenvalue weighted by molar-refractivity contribution is 5.89. The smallest absolute Gasteiger partial charge is 0.357 e. The quantitative estimate of drug-likeness (QED) is 0.609. The van der Waals surface area contributed by atoms with Gasteiger partial charge in [-0.2, -0.15) is 0 Å². The Hall–Kier alpha value is -1.36. The zero-order valence-electron chi connectivity index (χ0n) is 10.6. The highest BCUT2D eigenvalue weighted by Crippen LogP contribution is 2.17. The highest BCUT2D eigenvalue weighted by Gasteiger charge is 2.22. The normalized spacial score (nSPS) is 12.5. The Labute approximate surface area is 101 Å². The Morgan fingerprint density at radius 2 is 2.29 bits per heavy atom. The number of esters is 1. The van der Waals surface area contributed by atoms with Crippen LogP contribution in [0.5, 0.6) is 0 Å². The van der Waals surface area contributed by atoms with Crippen molar-refractivity contribution in [1.29, 1.82) is 0 Å². The van der Waals surface area contributed by atoms with E-state index in [4.69, 9.17) is 4.74 Å². The van der Waals surface area contributed by atoms with Crippen molar-refractivity contribution >= 4 is 5.97 Å². The number of aryl methyl sites for hydroxylation is 1. The van der Waals surface area contributed by atoms with Gasteiger partial charge in [-0.3, -0.25) is 0 Å². The largest absolute Gasteiger partial charge is 0.461 e. The van der Waals surface area contributed by atoms with Crippen molar-refractivity contribution in [1.82, 2.24) is 9.55 Å². The second-order valence-corrected chi connectivity index (χ2v) is 3.93. The lowest BCUT2D eigenvalue weighted by molar-refractivity contribution is 0.0480. The molecule has 96 valence electrons. The first-order chi connectivity index (χ1) is 8.11. The van der Waals surface area contributed by atoms with E-state index in [9.17, 15) is 9.90 Å². The molecule has 0 saturated heterocycles. The topological polar surface area (TPSA) is 64.3 Å². The minimum Gasteiger partial charge on any atom is -0.461 e. The van der Waals surface area contributed by atoms with Crippen LogP contribution in [0, 0.1) is 0 Å². The van der Waals surface area contributed by atoms with E-state index in [2.05, 4.69) is 4.98 Å². The van der Waals surface area contributed by atoms with E-state index in [1.807, 2.05) is 13.8 Å². The molecule has 1 N–H and O–H groups in total. The highest BCUT2D eigenvalue weighted by atomic mass is 16.5. The molecule has 0 aromatic carbocycles. The number of rotatable bonds is 6. The van der Waals surface area contributed by atoms with E-state index in [1.54, 1.807) is 17.8 Å². The van der Waals surface area contributed by atoms with Crippen molar-refractivity contribution in [2.45, 2.75) is 46.3 Å². The second-order valence-electron chi connectivity index (χ2n) is 3.93. The van der Waals surface area contributed by atoms with Crippen molar-refractivity contribution in [3.8, 4) is 0 Å². The summed E-state index contributed by atoms with van der Waals surface area (Å²) in [4.78, 5) is 15.9. The van der Waals surface area contributed by atoms with Gasteiger partial charge in [-0.05, 0) is 20.3 Å². The number of hydrogen-bond acceptors (Lipinski definition) is 4. The molecule has 1 atom stereocenters. The van der Waals surface area contributed by atoms with E-state index in [-0.39, 0.29) is 0 Å². The van der Waals surface area contributed by atoms with Crippen LogP contribution in [-0.2, 0) is 11.3 Å². The predicted molar refractivity (Wildman–Crippen MR) is 63.7 cm³/mol. The van der Waals surface area contributed by atoms with E-state index >= 15 is 0 Å². The molecule has 0 aliphatic heterocycles. The van der Waals surface area contributed by atoms with Crippen LogP contribution in [0.2, 0.25) is 0 Å². The van der Waals surface area contributed by atoms with Crippen LogP contribution >= 0.6 is 0 Å². The monoisotopic (exact) mass is 240 g/mol. The minimum absolute atomic E-state index is 0.360. The van der Waals surface area contributed by atoms with Crippen LogP contribution in [0.1, 0.15) is 55.9 Å². The molecule has 0 radical (unpaired) electrons. The fourth-order valence-electron chi connectivity index (χ4n) is 1.54. The van der Waals surface area contributed by atoms with Crippen molar-refractivity contribution in [3.63, 3.8) is 0 Å². The average molecular weight is 240 g/mol. The third kappa shape index (κ3) is 3.30. The summed E-state index contributed by atoms with van der Waals surface area (Å²) < 4.78 is 6.84. The number of aliphatic hydroxyl groups is 1. The predicted octanol–water partition coefficient (Wildman–Crippen LogP) is 1.91. The first-order valence-electron chi connectivity index (χ1n) is 6.02. The number of imidazole rings is 1. The third-order valence-corrected chi connectivity index (χ3v) is 2.53. The first kappa shape index (κ1) is 13.7. The van der Waals surface area contributed by atoms with Crippen molar-refractivity contribution in [3.05, 3.63) is 17.7 Å². The lowest BCUT2D eigenvalue weighted by atomic mass is 10.2. The standard InChI is InChI=1S/C12H20N2O3/c1-4-6-7-17-12(16)11-10(9(3)15)13-8-14(11)5-2/h8-9,15H,4-7H2,1-3H3. The van der Waals surface area contributed by atoms with Gasteiger partial charge >= 0.3 is 5.97 Å². The zero-order valence-corrected chi connectivity index (χ0v) is 10.6. The van der Waals surface area contributed by atoms with Crippen molar-refractivity contribution in [2.24, 2.45) is 0 Å². The number of carbonyl (C=O) groups excluding carboxylic acids is 1. The Kier molecular flexibility index (Phi) is 5.15. The van der Waals surface area contributed by atoms with Crippen LogP contribution in [0.15, 0.2) is 6.33 Å². The number of hydrogen-bond donors (Lipinski definition) is 1. The van der Waals surface area contributed by atoms with Crippen molar-refractivity contribution < 1.29 is 14.6 Å². The molecule has 1 heterocycles. The lowest BCUT2D eigenvalue weighted by Crippen LogP contribution is -2.15. The fraction of sp³-hybridized carbons (Fsp3) is 0.667. The van der Waals surface area contributed by atoms with Gasteiger partial charge < -0.3 is 14.4 Å². The third-order valence-electron chi connectivity index (χ3n) is 2.53. The molecule has 0 amide bonds. The van der Waals surface area contributed by atoms with E-state index in [0.717, 1.165) is 12.8 Å². The van der Waals surface area contributed by atoms with Crippen LogP contribution in [0.4, 0.5) is 0 Å². The maximum atomic E-state index is 11.9. The molecule has 1 unspecified atom stereocenters. The first-order valence-corrected chi connectivity index (χ1v) is 6.02. The Morgan fingerprint density at radius 1 is 1.59 bits per heavy atom. The summed E-state index contributed by atoms with van der Waals surface area (Å²) in [6.07, 6.45) is 2.61. The van der Waals surface area contributed by atoms with E-state index in [1.165, 1.54) is 0 Å². The van der Waals surface area contributed by atoms with Gasteiger partial charge in [-0.15, -0.1) is 0 Å². The summed E-state index contributed by atoms with van der Waals surface area (Å²) in [5.74, 6) is -0.409. The molecule has 0 fully saturated rings. The Bertz CT molecular complexity index is 372. The molecule has 0 aliphatic carbocycles. The molecule has 1 aromatic rings. The minimum atomic E-state index is -0.767. The van der Waals surface area contributed by atoms with Gasteiger partial charge in [0.2, 0.25) is 0 Å². The number of aromatic nitrogens is 2. The fourth-order valence-corrected chi connectivity index (χ4v) is 1.54. The number of carbonyl (C=O) groups is 1. The summed E-state index contributed by atoms with van der Waals surface area (Å²) in [6, 6.07) is 0. The summed E-state index contributed by atoms with van der Waals surface area (Å²) in [7, 11) is 0. The molecular weight excluding hydrogens is 220 g/mol. The summed E-state index contributed by atoms with van der Waals surface area (Å²) in [5, 5.41) is 9.55. The molecule has 1 rings (SSSR count). The van der Waals surface area contributed by atoms with Crippen LogP contribution < -0.4 is 0 Å². The van der Waals surface area contributed by atoms with Crippen LogP contribution in [0.3, 0.4) is 0 Å². The second kappa shape index (κ2) is 6.39. The molecule has 0 bridgehead atoms. The van der Waals surface area contributed by atoms with Gasteiger partial charge in [0.05, 0.1) is 19.0 Å². The number of ether oxygens (including phenoxy) is 1. The molecule has 5 nitrogen and oxygen atoms in total. The maximum absolute atomic E-state index is 11.9. The van der Waals surface area contributed by atoms with Gasteiger partial charge in [-0.25, -0.2) is 9.78 Å². The van der Waals surface area contributed by atoms with Gasteiger partial charge in [-0.1, -0.05) is 13.3 Å². The molecule has 17 heavy (non-hydrogen) atoms. The molecule has 5 heteroatoms. The van der Waals surface area contributed by atoms with E-state index in [0.29, 0.717) is 24.5 Å². The Balaban J connectivity index is 2.85. The zero-order chi connectivity index (χ0) is 12.8. The summed E-state index contributed by atoms with van der Waals surface area (Å²) in [5.41, 5.74) is 0.743. The lowest BCUT2D eigenvalue weighted by Gasteiger charge is -2.09. The Morgan fingerprint density at radius 3 is 2.82 bits per heavy atom. The SMILES string of the molecule is CCCCOC(=O)c1c(C(C)O)ncn1CC. The summed E-state index contributed by atoms with van der Waals surface area (Å²) >= 11 is 0. The van der Waals surface area contributed by atoms with Gasteiger partial charge in [0, 0.05) is 6.54 Å². The van der Waals surface area contributed by atoms with Gasteiger partial charge in [0.25, 0.3) is 0 Å². The maximum Gasteiger partial charge on any atom is 0.357 e. The average Bonchev–Trinajstić information content (AvgIpc) is 2.72. The molecule has 0 spiro atoms. The molecule has 1 aromatic heterocycles. The molecule has 0 aliphatic rings. The van der Waals surface area contributed by atoms with Crippen molar-refractivity contribution in [2.75, 3.05) is 6.61 Å². The molecular formula is C12H20N2O3. The molecule has 0 saturated carbocycles. The van der Waals surface area contributed by atoms with E-state index < -0.39 is 12.1 Å². The summed E-state index contributed by atoms with van der Waals surface area (Å²) in [6.45, 7) is 6.56. The number of aliphatic hydroxyl groups excluding tert-OH is 1. The number of nitrogens with zero attached hydrogens (tertiary/aromatic N) is 2. The van der Waals surface area contributed by atoms with Crippen LogP contribution in [0.25, 0.3) is 0 Å². The van der Waals surface area contributed by atoms with Gasteiger partial charge in [0.1, 0.15) is 5.69 Å². The number of unbranched alkanes of at least 4 members (excludes halogenated alkanes) is 1. The van der Waals surface area contributed by atoms with Gasteiger partial charge in [0.15, 0.2) is 5.69 Å².